The summed E-state index contributed by atoms with van der Waals surface area (Å²) in [6.45, 7) is 15.8. The Hall–Kier alpha value is -2.24. The van der Waals surface area contributed by atoms with Crippen molar-refractivity contribution in [2.24, 2.45) is 10.8 Å². The van der Waals surface area contributed by atoms with Gasteiger partial charge in [-0.3, -0.25) is 9.59 Å². The molecule has 0 bridgehead atoms. The second kappa shape index (κ2) is 10.2. The molecule has 0 aliphatic heterocycles. The molecule has 30 heavy (non-hydrogen) atoms. The first-order valence-corrected chi connectivity index (χ1v) is 10.5. The molecule has 0 unspecified atom stereocenters. The first-order chi connectivity index (χ1) is 13.7. The minimum Gasteiger partial charge on any atom is -0.493 e. The summed E-state index contributed by atoms with van der Waals surface area (Å²) in [5.74, 6) is 0.0690. The van der Waals surface area contributed by atoms with Gasteiger partial charge in [0, 0.05) is 0 Å². The fourth-order valence-corrected chi connectivity index (χ4v) is 3.27. The van der Waals surface area contributed by atoms with E-state index >= 15 is 0 Å². The minimum atomic E-state index is -0.796. The third kappa shape index (κ3) is 6.38. The van der Waals surface area contributed by atoms with Crippen LogP contribution in [0.2, 0.25) is 0 Å². The second-order valence-electron chi connectivity index (χ2n) is 9.44. The second-order valence-corrected chi connectivity index (χ2v) is 9.44. The molecule has 0 aliphatic rings. The molecule has 0 aromatic heterocycles. The molecular weight excluding hydrogens is 384 g/mol. The van der Waals surface area contributed by atoms with E-state index in [1.807, 2.05) is 27.7 Å². The van der Waals surface area contributed by atoms with Crippen LogP contribution < -0.4 is 9.47 Å². The van der Waals surface area contributed by atoms with Crippen LogP contribution in [0.25, 0.3) is 0 Å². The zero-order valence-corrected chi connectivity index (χ0v) is 19.8. The van der Waals surface area contributed by atoms with Crippen molar-refractivity contribution >= 4 is 11.9 Å². The molecule has 6 heteroatoms. The number of hydrogen-bond donors (Lipinski definition) is 2. The van der Waals surface area contributed by atoms with Crippen molar-refractivity contribution in [1.82, 2.24) is 0 Å². The maximum absolute atomic E-state index is 11.2. The Morgan fingerprint density at radius 1 is 0.667 bits per heavy atom. The molecule has 1 rings (SSSR count). The normalized spacial score (nSPS) is 12.0. The third-order valence-corrected chi connectivity index (χ3v) is 6.03. The fourth-order valence-electron chi connectivity index (χ4n) is 3.27. The van der Waals surface area contributed by atoms with Gasteiger partial charge in [0.2, 0.25) is 0 Å². The van der Waals surface area contributed by atoms with E-state index in [-0.39, 0.29) is 0 Å². The fraction of sp³-hybridized carbons (Fsp3) is 0.667. The molecule has 170 valence electrons. The van der Waals surface area contributed by atoms with E-state index in [1.54, 1.807) is 27.7 Å². The maximum Gasteiger partial charge on any atom is 0.309 e. The van der Waals surface area contributed by atoms with Gasteiger partial charge in [-0.15, -0.1) is 0 Å². The third-order valence-electron chi connectivity index (χ3n) is 6.03. The molecule has 1 aromatic carbocycles. The molecule has 0 fully saturated rings. The lowest BCUT2D eigenvalue weighted by atomic mass is 9.88. The number of aliphatic carboxylic acids is 2. The summed E-state index contributed by atoms with van der Waals surface area (Å²) >= 11 is 0. The topological polar surface area (TPSA) is 93.1 Å². The summed E-state index contributed by atoms with van der Waals surface area (Å²) in [6.07, 6.45) is 2.42. The van der Waals surface area contributed by atoms with Crippen LogP contribution in [0.4, 0.5) is 0 Å². The highest BCUT2D eigenvalue weighted by atomic mass is 16.5. The standard InChI is InChI=1S/C24H38O6/c1-15-16(2)20(30-14-10-12-24(7,8)22(27)28)18(4)17(3)19(15)29-13-9-11-23(5,6)21(25)26/h9-14H2,1-8H3,(H,25,26)(H,27,28). The van der Waals surface area contributed by atoms with Crippen LogP contribution in [0.15, 0.2) is 0 Å². The Labute approximate surface area is 180 Å². The zero-order chi connectivity index (χ0) is 23.3. The molecular formula is C24H38O6. The van der Waals surface area contributed by atoms with Gasteiger partial charge in [0.05, 0.1) is 24.0 Å². The maximum atomic E-state index is 11.2. The van der Waals surface area contributed by atoms with Crippen molar-refractivity contribution in [3.63, 3.8) is 0 Å². The number of carboxylic acid groups (broad SMARTS) is 2. The quantitative estimate of drug-likeness (QED) is 0.435. The molecule has 0 aliphatic carbocycles. The van der Waals surface area contributed by atoms with Gasteiger partial charge in [0.25, 0.3) is 0 Å². The number of ether oxygens (including phenoxy) is 2. The average Bonchev–Trinajstić information content (AvgIpc) is 2.64. The minimum absolute atomic E-state index is 0.460. The predicted molar refractivity (Wildman–Crippen MR) is 118 cm³/mol. The lowest BCUT2D eigenvalue weighted by Crippen LogP contribution is -2.24. The zero-order valence-electron chi connectivity index (χ0n) is 19.8. The number of hydrogen-bond acceptors (Lipinski definition) is 4. The van der Waals surface area contributed by atoms with E-state index in [0.29, 0.717) is 38.9 Å². The van der Waals surface area contributed by atoms with Crippen molar-refractivity contribution in [1.29, 1.82) is 0 Å². The molecule has 0 radical (unpaired) electrons. The summed E-state index contributed by atoms with van der Waals surface area (Å²) in [5.41, 5.74) is 2.53. The van der Waals surface area contributed by atoms with Gasteiger partial charge in [-0.1, -0.05) is 0 Å². The van der Waals surface area contributed by atoms with Gasteiger partial charge in [-0.25, -0.2) is 0 Å². The van der Waals surface area contributed by atoms with Crippen molar-refractivity contribution in [3.8, 4) is 11.5 Å². The smallest absolute Gasteiger partial charge is 0.309 e. The van der Waals surface area contributed by atoms with Crippen molar-refractivity contribution in [2.75, 3.05) is 13.2 Å². The van der Waals surface area contributed by atoms with E-state index in [2.05, 4.69) is 0 Å². The number of carboxylic acids is 2. The van der Waals surface area contributed by atoms with Crippen LogP contribution in [-0.4, -0.2) is 35.4 Å². The Balaban J connectivity index is 2.79. The van der Waals surface area contributed by atoms with E-state index in [0.717, 1.165) is 33.8 Å². The highest BCUT2D eigenvalue weighted by Crippen LogP contribution is 2.38. The first-order valence-electron chi connectivity index (χ1n) is 10.5. The average molecular weight is 423 g/mol. The van der Waals surface area contributed by atoms with Gasteiger partial charge >= 0.3 is 11.9 Å². The van der Waals surface area contributed by atoms with Gasteiger partial charge < -0.3 is 19.7 Å². The Kier molecular flexibility index (Phi) is 8.76. The Morgan fingerprint density at radius 2 is 0.933 bits per heavy atom. The van der Waals surface area contributed by atoms with Crippen LogP contribution in [-0.2, 0) is 9.59 Å². The molecule has 0 atom stereocenters. The lowest BCUT2D eigenvalue weighted by Gasteiger charge is -2.23. The van der Waals surface area contributed by atoms with Crippen LogP contribution in [0.5, 0.6) is 11.5 Å². The van der Waals surface area contributed by atoms with E-state index in [1.165, 1.54) is 0 Å². The van der Waals surface area contributed by atoms with Crippen molar-refractivity contribution in [3.05, 3.63) is 22.3 Å². The molecule has 0 spiro atoms. The first kappa shape index (κ1) is 25.8. The van der Waals surface area contributed by atoms with Crippen LogP contribution >= 0.6 is 0 Å². The van der Waals surface area contributed by atoms with E-state index < -0.39 is 22.8 Å². The summed E-state index contributed by atoms with van der Waals surface area (Å²) in [7, 11) is 0. The number of carbonyl (C=O) groups is 2. The van der Waals surface area contributed by atoms with Gasteiger partial charge in [-0.2, -0.15) is 0 Å². The summed E-state index contributed by atoms with van der Waals surface area (Å²) < 4.78 is 12.1. The van der Waals surface area contributed by atoms with Crippen LogP contribution in [0.1, 0.15) is 75.6 Å². The molecule has 6 nitrogen and oxygen atoms in total. The van der Waals surface area contributed by atoms with Crippen molar-refractivity contribution in [2.45, 2.75) is 81.1 Å². The monoisotopic (exact) mass is 422 g/mol. The van der Waals surface area contributed by atoms with Crippen molar-refractivity contribution < 1.29 is 29.3 Å². The summed E-state index contributed by atoms with van der Waals surface area (Å²) in [6, 6.07) is 0. The highest BCUT2D eigenvalue weighted by molar-refractivity contribution is 5.73. The SMILES string of the molecule is Cc1c(C)c(OCCCC(C)(C)C(=O)O)c(C)c(C)c1OCCCC(C)(C)C(=O)O. The molecule has 0 saturated carbocycles. The van der Waals surface area contributed by atoms with Crippen LogP contribution in [0, 0.1) is 38.5 Å². The van der Waals surface area contributed by atoms with Crippen LogP contribution in [0.3, 0.4) is 0 Å². The summed E-state index contributed by atoms with van der Waals surface area (Å²) in [4.78, 5) is 22.5. The largest absolute Gasteiger partial charge is 0.493 e. The molecule has 2 N–H and O–H groups in total. The summed E-state index contributed by atoms with van der Waals surface area (Å²) in [5, 5.41) is 18.5. The highest BCUT2D eigenvalue weighted by Gasteiger charge is 2.27. The van der Waals surface area contributed by atoms with Gasteiger partial charge in [0.1, 0.15) is 11.5 Å². The van der Waals surface area contributed by atoms with Gasteiger partial charge in [0.15, 0.2) is 0 Å². The van der Waals surface area contributed by atoms with Gasteiger partial charge in [-0.05, 0) is 103 Å². The number of rotatable bonds is 12. The molecule has 0 saturated heterocycles. The predicted octanol–water partition coefficient (Wildman–Crippen LogP) is 5.46. The Bertz CT molecular complexity index is 682. The van der Waals surface area contributed by atoms with E-state index in [4.69, 9.17) is 9.47 Å². The Morgan fingerprint density at radius 3 is 1.17 bits per heavy atom. The molecule has 0 heterocycles. The van der Waals surface area contributed by atoms with E-state index in [9.17, 15) is 19.8 Å². The molecule has 0 amide bonds. The molecule has 1 aromatic rings. The number of benzene rings is 1. The lowest BCUT2D eigenvalue weighted by molar-refractivity contribution is -0.148.